The number of nitrogen functional groups attached to an aromatic ring is 1. The summed E-state index contributed by atoms with van der Waals surface area (Å²) in [5, 5.41) is 4.50. The zero-order valence-electron chi connectivity index (χ0n) is 14.4. The highest BCUT2D eigenvalue weighted by Gasteiger charge is 2.59. The molecule has 3 atom stereocenters. The molecule has 2 aromatic heterocycles. The van der Waals surface area contributed by atoms with E-state index < -0.39 is 17.6 Å². The predicted octanol–water partition coefficient (Wildman–Crippen LogP) is 3.82. The van der Waals surface area contributed by atoms with Crippen molar-refractivity contribution in [3.63, 3.8) is 0 Å². The van der Waals surface area contributed by atoms with Gasteiger partial charge in [0.2, 0.25) is 0 Å². The van der Waals surface area contributed by atoms with Crippen molar-refractivity contribution in [3.05, 3.63) is 29.6 Å². The molecule has 2 aliphatic carbocycles. The van der Waals surface area contributed by atoms with Crippen LogP contribution >= 0.6 is 0 Å². The van der Waals surface area contributed by atoms with Gasteiger partial charge in [0.15, 0.2) is 0 Å². The molecule has 26 heavy (non-hydrogen) atoms. The molecule has 2 aromatic rings. The van der Waals surface area contributed by atoms with Gasteiger partial charge in [0.25, 0.3) is 0 Å². The van der Waals surface area contributed by atoms with Gasteiger partial charge in [-0.25, -0.2) is 4.98 Å². The number of aromatic nitrogens is 3. The molecule has 8 heteroatoms. The number of hydrogen-bond donors (Lipinski definition) is 1. The Morgan fingerprint density at radius 3 is 2.58 bits per heavy atom. The van der Waals surface area contributed by atoms with E-state index >= 15 is 0 Å². The van der Waals surface area contributed by atoms with Crippen LogP contribution in [0.25, 0.3) is 11.3 Å². The van der Waals surface area contributed by atoms with E-state index in [0.29, 0.717) is 18.0 Å². The van der Waals surface area contributed by atoms with Gasteiger partial charge in [0.05, 0.1) is 11.3 Å². The molecule has 2 fully saturated rings. The van der Waals surface area contributed by atoms with Crippen molar-refractivity contribution in [2.24, 2.45) is 11.8 Å². The molecular formula is C18H19F3N4O. The van der Waals surface area contributed by atoms with Crippen molar-refractivity contribution in [1.29, 1.82) is 0 Å². The van der Waals surface area contributed by atoms with E-state index in [2.05, 4.69) is 10.1 Å². The molecule has 2 heterocycles. The summed E-state index contributed by atoms with van der Waals surface area (Å²) in [7, 11) is 0. The molecule has 0 saturated heterocycles. The Labute approximate surface area is 148 Å². The number of ketones is 1. The quantitative estimate of drug-likeness (QED) is 0.899. The Bertz CT molecular complexity index is 887. The summed E-state index contributed by atoms with van der Waals surface area (Å²) in [6, 6.07) is 2.82. The summed E-state index contributed by atoms with van der Waals surface area (Å²) in [5.41, 5.74) is 6.02. The fourth-order valence-electron chi connectivity index (χ4n) is 4.11. The smallest absolute Gasteiger partial charge is 0.383 e. The zero-order chi connectivity index (χ0) is 18.8. The molecule has 0 amide bonds. The van der Waals surface area contributed by atoms with E-state index in [1.807, 2.05) is 18.5 Å². The topological polar surface area (TPSA) is 73.8 Å². The molecule has 2 N–H and O–H groups in total. The average molecular weight is 364 g/mol. The maximum atomic E-state index is 13.1. The first-order valence-corrected chi connectivity index (χ1v) is 8.63. The van der Waals surface area contributed by atoms with Crippen molar-refractivity contribution in [3.8, 4) is 11.3 Å². The van der Waals surface area contributed by atoms with Crippen molar-refractivity contribution in [2.75, 3.05) is 5.73 Å². The first kappa shape index (κ1) is 17.1. The van der Waals surface area contributed by atoms with E-state index in [4.69, 9.17) is 5.73 Å². The van der Waals surface area contributed by atoms with Crippen LogP contribution in [0.5, 0.6) is 0 Å². The third-order valence-electron chi connectivity index (χ3n) is 5.38. The number of halogens is 3. The fourth-order valence-corrected chi connectivity index (χ4v) is 4.11. The Balaban J connectivity index is 1.75. The molecular weight excluding hydrogens is 345 g/mol. The molecule has 0 radical (unpaired) electrons. The summed E-state index contributed by atoms with van der Waals surface area (Å²) in [5.74, 6) is 0.259. The number of fused-ring (bicyclic) bond motifs is 1. The number of anilines is 1. The lowest BCUT2D eigenvalue weighted by molar-refractivity contribution is -0.137. The highest BCUT2D eigenvalue weighted by atomic mass is 19.4. The largest absolute Gasteiger partial charge is 0.419 e. The monoisotopic (exact) mass is 364 g/mol. The van der Waals surface area contributed by atoms with Crippen LogP contribution in [0, 0.1) is 11.8 Å². The highest BCUT2D eigenvalue weighted by Crippen LogP contribution is 2.61. The Morgan fingerprint density at radius 2 is 2.00 bits per heavy atom. The van der Waals surface area contributed by atoms with Gasteiger partial charge in [-0.05, 0) is 38.3 Å². The Morgan fingerprint density at radius 1 is 1.27 bits per heavy atom. The summed E-state index contributed by atoms with van der Waals surface area (Å²) in [6.07, 6.45) is -1.75. The van der Waals surface area contributed by atoms with E-state index in [1.165, 1.54) is 6.20 Å². The van der Waals surface area contributed by atoms with E-state index in [-0.39, 0.29) is 29.2 Å². The minimum Gasteiger partial charge on any atom is -0.383 e. The third kappa shape index (κ3) is 2.59. The minimum absolute atomic E-state index is 0.0407. The number of Topliss-reactive ketones (excluding diaryl/α,β-unsaturated/α-hetero) is 1. The second-order valence-electron chi connectivity index (χ2n) is 7.37. The number of nitrogens with zero attached hydrogens (tertiary/aromatic N) is 3. The second-order valence-corrected chi connectivity index (χ2v) is 7.37. The van der Waals surface area contributed by atoms with E-state index in [1.54, 1.807) is 6.07 Å². The van der Waals surface area contributed by atoms with Crippen molar-refractivity contribution < 1.29 is 18.0 Å². The van der Waals surface area contributed by atoms with Crippen LogP contribution in [0.3, 0.4) is 0 Å². The van der Waals surface area contributed by atoms with Gasteiger partial charge < -0.3 is 5.73 Å². The Hall–Kier alpha value is -2.38. The number of rotatable bonds is 3. The van der Waals surface area contributed by atoms with Crippen LogP contribution in [-0.2, 0) is 11.0 Å². The summed E-state index contributed by atoms with van der Waals surface area (Å²) in [4.78, 5) is 15.7. The second kappa shape index (κ2) is 5.56. The normalized spacial score (nSPS) is 25.0. The van der Waals surface area contributed by atoms with Crippen molar-refractivity contribution in [2.45, 2.75) is 44.8 Å². The molecule has 0 bridgehead atoms. The molecule has 0 aromatic carbocycles. The Kier molecular flexibility index (Phi) is 3.65. The maximum Gasteiger partial charge on any atom is 0.419 e. The first-order valence-electron chi connectivity index (χ1n) is 8.63. The van der Waals surface area contributed by atoms with Gasteiger partial charge in [-0.15, -0.1) is 0 Å². The molecule has 0 spiro atoms. The van der Waals surface area contributed by atoms with E-state index in [9.17, 15) is 18.0 Å². The highest BCUT2D eigenvalue weighted by molar-refractivity contribution is 5.88. The fraction of sp³-hybridized carbons (Fsp3) is 0.500. The van der Waals surface area contributed by atoms with Crippen molar-refractivity contribution >= 4 is 11.6 Å². The van der Waals surface area contributed by atoms with Gasteiger partial charge in [0.1, 0.15) is 11.6 Å². The molecule has 138 valence electrons. The summed E-state index contributed by atoms with van der Waals surface area (Å²) >= 11 is 0. The first-order chi connectivity index (χ1) is 12.2. The van der Waals surface area contributed by atoms with Crippen LogP contribution in [0.2, 0.25) is 0 Å². The van der Waals surface area contributed by atoms with Gasteiger partial charge >= 0.3 is 6.18 Å². The number of nitrogens with two attached hydrogens (primary N) is 1. The maximum absolute atomic E-state index is 13.1. The van der Waals surface area contributed by atoms with Crippen LogP contribution in [0.4, 0.5) is 19.0 Å². The van der Waals surface area contributed by atoms with Crippen LogP contribution < -0.4 is 5.73 Å². The average Bonchev–Trinajstić information content (AvgIpc) is 2.90. The zero-order valence-corrected chi connectivity index (χ0v) is 14.4. The van der Waals surface area contributed by atoms with Gasteiger partial charge in [0, 0.05) is 41.8 Å². The lowest BCUT2D eigenvalue weighted by atomic mass is 10.1. The molecule has 2 aliphatic rings. The lowest BCUT2D eigenvalue weighted by Crippen LogP contribution is -2.11. The molecule has 1 unspecified atom stereocenters. The molecule has 0 aliphatic heterocycles. The predicted molar refractivity (Wildman–Crippen MR) is 89.2 cm³/mol. The van der Waals surface area contributed by atoms with Crippen molar-refractivity contribution in [1.82, 2.24) is 14.8 Å². The summed E-state index contributed by atoms with van der Waals surface area (Å²) in [6.45, 7) is 3.92. The van der Waals surface area contributed by atoms with Crippen LogP contribution in [-0.4, -0.2) is 20.5 Å². The van der Waals surface area contributed by atoms with Gasteiger partial charge in [-0.2, -0.15) is 18.3 Å². The van der Waals surface area contributed by atoms with Gasteiger partial charge in [-0.3, -0.25) is 9.48 Å². The van der Waals surface area contributed by atoms with Crippen LogP contribution in [0.1, 0.15) is 49.9 Å². The number of carbonyl (C=O) groups excluding carboxylic acids is 1. The molecule has 4 rings (SSSR count). The number of hydrogen-bond acceptors (Lipinski definition) is 4. The molecule has 2 saturated carbocycles. The SMILES string of the molecule is CC(C)n1nc(-c2cnc(N)c(C(F)(F)F)c2)cc1C1[C@H]2CCC(=O)[C@@H]12. The van der Waals surface area contributed by atoms with E-state index in [0.717, 1.165) is 18.2 Å². The lowest BCUT2D eigenvalue weighted by Gasteiger charge is -2.12. The number of alkyl halides is 3. The molecule has 5 nitrogen and oxygen atoms in total. The third-order valence-corrected chi connectivity index (χ3v) is 5.38. The van der Waals surface area contributed by atoms with Crippen LogP contribution in [0.15, 0.2) is 18.3 Å². The van der Waals surface area contributed by atoms with Gasteiger partial charge in [-0.1, -0.05) is 0 Å². The summed E-state index contributed by atoms with van der Waals surface area (Å²) < 4.78 is 41.1. The standard InChI is InChI=1S/C18H19F3N4O/c1-8(2)25-13(15-10-3-4-14(26)16(10)15)6-12(24-25)9-5-11(18(19,20)21)17(22)23-7-9/h5-8,10,15-16H,3-4H2,1-2H3,(H2,22,23)/t10-,15?,16+/m1/s1. The number of pyridine rings is 1. The number of carbonyl (C=O) groups is 1. The minimum atomic E-state index is -4.57.